The summed E-state index contributed by atoms with van der Waals surface area (Å²) in [5.41, 5.74) is 2.56. The van der Waals surface area contributed by atoms with Gasteiger partial charge in [0.05, 0.1) is 0 Å². The first-order valence-electron chi connectivity index (χ1n) is 8.07. The second-order valence-corrected chi connectivity index (χ2v) is 5.89. The van der Waals surface area contributed by atoms with Gasteiger partial charge in [0, 0.05) is 24.0 Å². The summed E-state index contributed by atoms with van der Waals surface area (Å²) in [7, 11) is 0. The van der Waals surface area contributed by atoms with Crippen molar-refractivity contribution in [3.8, 4) is 0 Å². The Morgan fingerprint density at radius 1 is 1.00 bits per heavy atom. The Labute approximate surface area is 148 Å². The second-order valence-electron chi connectivity index (χ2n) is 5.89. The zero-order valence-electron chi connectivity index (χ0n) is 13.6. The molecule has 0 radical (unpaired) electrons. The molecule has 0 saturated carbocycles. The van der Waals surface area contributed by atoms with Crippen LogP contribution in [0, 0.1) is 11.6 Å². The number of anilines is 3. The van der Waals surface area contributed by atoms with Gasteiger partial charge >= 0.3 is 0 Å². The van der Waals surface area contributed by atoms with Crippen LogP contribution in [0.15, 0.2) is 54.6 Å². The van der Waals surface area contributed by atoms with Crippen molar-refractivity contribution in [2.75, 3.05) is 16.8 Å². The van der Waals surface area contributed by atoms with E-state index in [1.165, 1.54) is 11.6 Å². The standard InChI is InChI=1S/C19H14F2N4O/c20-14-6-5-13(11-15(14)21)22-19(26)16-7-8-18(24-23-16)25-10-9-12-3-1-2-4-17(12)25/h1-8,11H,9-10H2,(H,22,26). The van der Waals surface area contributed by atoms with Crippen molar-refractivity contribution in [2.24, 2.45) is 0 Å². The van der Waals surface area contributed by atoms with Crippen molar-refractivity contribution in [1.82, 2.24) is 10.2 Å². The molecule has 1 aliphatic rings. The number of aromatic nitrogens is 2. The van der Waals surface area contributed by atoms with Crippen LogP contribution >= 0.6 is 0 Å². The Morgan fingerprint density at radius 2 is 1.85 bits per heavy atom. The number of hydrogen-bond acceptors (Lipinski definition) is 4. The number of fused-ring (bicyclic) bond motifs is 1. The van der Waals surface area contributed by atoms with E-state index in [4.69, 9.17) is 0 Å². The highest BCUT2D eigenvalue weighted by molar-refractivity contribution is 6.02. The third-order valence-electron chi connectivity index (χ3n) is 4.22. The van der Waals surface area contributed by atoms with Gasteiger partial charge < -0.3 is 10.2 Å². The Hall–Kier alpha value is -3.35. The fraction of sp³-hybridized carbons (Fsp3) is 0.105. The molecule has 0 aliphatic carbocycles. The van der Waals surface area contributed by atoms with Crippen LogP contribution in [-0.4, -0.2) is 22.6 Å². The lowest BCUT2D eigenvalue weighted by Crippen LogP contribution is -2.18. The number of para-hydroxylation sites is 1. The molecule has 0 unspecified atom stereocenters. The molecule has 0 bridgehead atoms. The van der Waals surface area contributed by atoms with Crippen LogP contribution in [0.2, 0.25) is 0 Å². The van der Waals surface area contributed by atoms with E-state index in [9.17, 15) is 13.6 Å². The summed E-state index contributed by atoms with van der Waals surface area (Å²) in [4.78, 5) is 14.2. The van der Waals surface area contributed by atoms with E-state index in [0.717, 1.165) is 30.8 Å². The third-order valence-corrected chi connectivity index (χ3v) is 4.22. The van der Waals surface area contributed by atoms with Gasteiger partial charge in [0.1, 0.15) is 0 Å². The fourth-order valence-electron chi connectivity index (χ4n) is 2.94. The van der Waals surface area contributed by atoms with Gasteiger partial charge in [-0.25, -0.2) is 8.78 Å². The second kappa shape index (κ2) is 6.51. The molecule has 0 atom stereocenters. The molecule has 0 fully saturated rings. The average Bonchev–Trinajstić information content (AvgIpc) is 3.09. The van der Waals surface area contributed by atoms with E-state index >= 15 is 0 Å². The number of carbonyl (C=O) groups excluding carboxylic acids is 1. The molecule has 130 valence electrons. The number of rotatable bonds is 3. The molecule has 2 aromatic carbocycles. The monoisotopic (exact) mass is 352 g/mol. The van der Waals surface area contributed by atoms with Gasteiger partial charge in [-0.05, 0) is 42.3 Å². The summed E-state index contributed by atoms with van der Waals surface area (Å²) in [5.74, 6) is -1.90. The number of halogens is 2. The molecule has 3 aromatic rings. The number of amides is 1. The minimum Gasteiger partial charge on any atom is -0.324 e. The highest BCUT2D eigenvalue weighted by Crippen LogP contribution is 2.32. The predicted molar refractivity (Wildman–Crippen MR) is 93.5 cm³/mol. The van der Waals surface area contributed by atoms with Crippen molar-refractivity contribution in [1.29, 1.82) is 0 Å². The highest BCUT2D eigenvalue weighted by Gasteiger charge is 2.21. The number of nitrogens with one attached hydrogen (secondary N) is 1. The zero-order valence-corrected chi connectivity index (χ0v) is 13.6. The topological polar surface area (TPSA) is 58.1 Å². The summed E-state index contributed by atoms with van der Waals surface area (Å²) in [6.07, 6.45) is 0.927. The normalized spacial score (nSPS) is 12.8. The average molecular weight is 352 g/mol. The van der Waals surface area contributed by atoms with Crippen LogP contribution in [-0.2, 0) is 6.42 Å². The van der Waals surface area contributed by atoms with Crippen molar-refractivity contribution in [3.05, 3.63) is 77.5 Å². The van der Waals surface area contributed by atoms with Crippen molar-refractivity contribution < 1.29 is 13.6 Å². The molecule has 1 aliphatic heterocycles. The summed E-state index contributed by atoms with van der Waals surface area (Å²) >= 11 is 0. The molecule has 1 amide bonds. The summed E-state index contributed by atoms with van der Waals surface area (Å²) < 4.78 is 26.2. The van der Waals surface area contributed by atoms with E-state index in [1.54, 1.807) is 12.1 Å². The molecule has 1 aromatic heterocycles. The summed E-state index contributed by atoms with van der Waals surface area (Å²) in [6, 6.07) is 14.5. The first kappa shape index (κ1) is 16.1. The van der Waals surface area contributed by atoms with Gasteiger partial charge in [0.25, 0.3) is 5.91 Å². The van der Waals surface area contributed by atoms with Gasteiger partial charge in [-0.1, -0.05) is 18.2 Å². The predicted octanol–water partition coefficient (Wildman–Crippen LogP) is 3.70. The van der Waals surface area contributed by atoms with Crippen LogP contribution < -0.4 is 10.2 Å². The van der Waals surface area contributed by atoms with Crippen LogP contribution in [0.25, 0.3) is 0 Å². The smallest absolute Gasteiger partial charge is 0.276 e. The number of benzene rings is 2. The lowest BCUT2D eigenvalue weighted by molar-refractivity contribution is 0.102. The van der Waals surface area contributed by atoms with Gasteiger partial charge in [-0.3, -0.25) is 4.79 Å². The SMILES string of the molecule is O=C(Nc1ccc(F)c(F)c1)c1ccc(N2CCc3ccccc32)nn1. The number of nitrogens with zero attached hydrogens (tertiary/aromatic N) is 3. The van der Waals surface area contributed by atoms with Gasteiger partial charge in [0.15, 0.2) is 23.1 Å². The van der Waals surface area contributed by atoms with Crippen LogP contribution in [0.1, 0.15) is 16.1 Å². The van der Waals surface area contributed by atoms with Gasteiger partial charge in [0.2, 0.25) is 0 Å². The van der Waals surface area contributed by atoms with Gasteiger partial charge in [-0.2, -0.15) is 0 Å². The van der Waals surface area contributed by atoms with Crippen LogP contribution in [0.5, 0.6) is 0 Å². The third kappa shape index (κ3) is 2.99. The molecule has 7 heteroatoms. The van der Waals surface area contributed by atoms with Crippen molar-refractivity contribution in [3.63, 3.8) is 0 Å². The van der Waals surface area contributed by atoms with Crippen LogP contribution in [0.4, 0.5) is 26.0 Å². The molecule has 0 saturated heterocycles. The molecule has 5 nitrogen and oxygen atoms in total. The van der Waals surface area contributed by atoms with E-state index in [-0.39, 0.29) is 11.4 Å². The largest absolute Gasteiger partial charge is 0.324 e. The maximum atomic E-state index is 13.2. The van der Waals surface area contributed by atoms with Crippen molar-refractivity contribution in [2.45, 2.75) is 6.42 Å². The van der Waals surface area contributed by atoms with Gasteiger partial charge in [-0.15, -0.1) is 10.2 Å². The molecule has 4 rings (SSSR count). The van der Waals surface area contributed by atoms with Crippen molar-refractivity contribution >= 4 is 23.1 Å². The lowest BCUT2D eigenvalue weighted by atomic mass is 10.2. The van der Waals surface area contributed by atoms with E-state index in [1.807, 2.05) is 23.1 Å². The first-order valence-corrected chi connectivity index (χ1v) is 8.07. The molecule has 1 N–H and O–H groups in total. The molecule has 26 heavy (non-hydrogen) atoms. The van der Waals surface area contributed by atoms with Crippen LogP contribution in [0.3, 0.4) is 0 Å². The number of hydrogen-bond donors (Lipinski definition) is 1. The van der Waals surface area contributed by atoms with E-state index < -0.39 is 17.5 Å². The highest BCUT2D eigenvalue weighted by atomic mass is 19.2. The Kier molecular flexibility index (Phi) is 4.04. The Bertz CT molecular complexity index is 976. The Balaban J connectivity index is 1.51. The molecular formula is C19H14F2N4O. The maximum absolute atomic E-state index is 13.2. The molecule has 0 spiro atoms. The quantitative estimate of drug-likeness (QED) is 0.781. The summed E-state index contributed by atoms with van der Waals surface area (Å²) in [6.45, 7) is 0.800. The minimum atomic E-state index is -1.03. The van der Waals surface area contributed by atoms with E-state index in [2.05, 4.69) is 21.6 Å². The first-order chi connectivity index (χ1) is 12.6. The maximum Gasteiger partial charge on any atom is 0.276 e. The molecular weight excluding hydrogens is 338 g/mol. The lowest BCUT2D eigenvalue weighted by Gasteiger charge is -2.17. The Morgan fingerprint density at radius 3 is 2.62 bits per heavy atom. The van der Waals surface area contributed by atoms with E-state index in [0.29, 0.717) is 5.82 Å². The minimum absolute atomic E-state index is 0.0889. The number of carbonyl (C=O) groups is 1. The fourth-order valence-corrected chi connectivity index (χ4v) is 2.94. The zero-order chi connectivity index (χ0) is 18.1. The summed E-state index contributed by atoms with van der Waals surface area (Å²) in [5, 5.41) is 10.6. The molecule has 2 heterocycles.